The van der Waals surface area contributed by atoms with E-state index >= 15 is 0 Å². The summed E-state index contributed by atoms with van der Waals surface area (Å²) < 4.78 is 0. The van der Waals surface area contributed by atoms with Crippen LogP contribution in [0.2, 0.25) is 0 Å². The van der Waals surface area contributed by atoms with Gasteiger partial charge in [-0.15, -0.1) is 0 Å². The molecule has 0 heterocycles. The Morgan fingerprint density at radius 1 is 0.667 bits per heavy atom. The Morgan fingerprint density at radius 3 is 1.33 bits per heavy atom. The third kappa shape index (κ3) is 0.889. The largest absolute Gasteiger partial charge is 0.0493 e. The van der Waals surface area contributed by atoms with Gasteiger partial charge in [0.25, 0.3) is 0 Å². The van der Waals surface area contributed by atoms with E-state index < -0.39 is 0 Å². The predicted molar refractivity (Wildman–Crippen MR) is 38.1 cm³/mol. The molecule has 0 nitrogen and oxygen atoms in total. The highest BCUT2D eigenvalue weighted by molar-refractivity contribution is 5.25. The first-order valence-electron chi connectivity index (χ1n) is 3.79. The van der Waals surface area contributed by atoms with Gasteiger partial charge in [-0.3, -0.25) is 0 Å². The first-order chi connectivity index (χ1) is 4.41. The molecule has 0 atom stereocenters. The van der Waals surface area contributed by atoms with Gasteiger partial charge >= 0.3 is 0 Å². The van der Waals surface area contributed by atoms with Crippen LogP contribution in [0.25, 0.3) is 0 Å². The van der Waals surface area contributed by atoms with Crippen molar-refractivity contribution in [2.24, 2.45) is 5.41 Å². The molecule has 2 saturated carbocycles. The number of hydrogen-bond acceptors (Lipinski definition) is 0. The highest BCUT2D eigenvalue weighted by Crippen LogP contribution is 2.47. The summed E-state index contributed by atoms with van der Waals surface area (Å²) in [7, 11) is 0. The zero-order valence-electron chi connectivity index (χ0n) is 5.64. The van der Waals surface area contributed by atoms with Gasteiger partial charge in [0.2, 0.25) is 0 Å². The average Bonchev–Trinajstić information content (AvgIpc) is 2.45. The Bertz CT molecular complexity index is 75.1. The zero-order chi connectivity index (χ0) is 6.16. The van der Waals surface area contributed by atoms with E-state index in [0.717, 1.165) is 0 Å². The topological polar surface area (TPSA) is 0 Å². The predicted octanol–water partition coefficient (Wildman–Crippen LogP) is 2.38. The van der Waals surface area contributed by atoms with Gasteiger partial charge in [-0.25, -0.2) is 0 Å². The minimum Gasteiger partial charge on any atom is -0.0493 e. The van der Waals surface area contributed by atoms with Crippen molar-refractivity contribution >= 4 is 0 Å². The highest BCUT2D eigenvalue weighted by Gasteiger charge is 2.37. The second-order valence-corrected chi connectivity index (χ2v) is 2.97. The maximum Gasteiger partial charge on any atom is -0.0173 e. The molecule has 2 fully saturated rings. The van der Waals surface area contributed by atoms with Crippen LogP contribution in [0.5, 0.6) is 0 Å². The van der Waals surface area contributed by atoms with Crippen LogP contribution < -0.4 is 0 Å². The van der Waals surface area contributed by atoms with Gasteiger partial charge in [0.05, 0.1) is 0 Å². The molecule has 0 aromatic carbocycles. The second-order valence-electron chi connectivity index (χ2n) is 2.97. The minimum atomic E-state index is 0.389. The van der Waals surface area contributed by atoms with Crippen molar-refractivity contribution in [3.05, 3.63) is 25.7 Å². The van der Waals surface area contributed by atoms with Crippen molar-refractivity contribution in [3.63, 3.8) is 0 Å². The maximum absolute atomic E-state index is 2.43. The van der Waals surface area contributed by atoms with Gasteiger partial charge in [0, 0.05) is 0 Å². The van der Waals surface area contributed by atoms with Gasteiger partial charge in [-0.1, -0.05) is 0 Å². The summed E-state index contributed by atoms with van der Waals surface area (Å²) in [4.78, 5) is 0. The third-order valence-corrected chi connectivity index (χ3v) is 2.32. The molecule has 2 aliphatic carbocycles. The van der Waals surface area contributed by atoms with E-state index in [1.807, 2.05) is 0 Å². The van der Waals surface area contributed by atoms with Crippen LogP contribution in [0.4, 0.5) is 0 Å². The number of hydrogen-bond donors (Lipinski definition) is 0. The van der Waals surface area contributed by atoms with Crippen LogP contribution in [0, 0.1) is 31.1 Å². The summed E-state index contributed by atoms with van der Waals surface area (Å²) in [5.41, 5.74) is 0.389. The summed E-state index contributed by atoms with van der Waals surface area (Å²) >= 11 is 0. The fraction of sp³-hybridized carbons (Fsp3) is 0.556. The SMILES string of the molecule is [CH]1CC[CH]C12[CH]CC[CH]2. The van der Waals surface area contributed by atoms with Crippen LogP contribution in [0.3, 0.4) is 0 Å². The van der Waals surface area contributed by atoms with Crippen molar-refractivity contribution < 1.29 is 0 Å². The maximum atomic E-state index is 2.43. The van der Waals surface area contributed by atoms with E-state index in [1.165, 1.54) is 25.7 Å². The van der Waals surface area contributed by atoms with E-state index in [0.29, 0.717) is 5.41 Å². The molecule has 0 bridgehead atoms. The van der Waals surface area contributed by atoms with Gasteiger partial charge in [-0.05, 0) is 56.8 Å². The molecule has 0 unspecified atom stereocenters. The molecular formula is C9H12. The molecule has 0 saturated heterocycles. The molecule has 0 heteroatoms. The lowest BCUT2D eigenvalue weighted by atomic mass is 9.85. The van der Waals surface area contributed by atoms with Crippen LogP contribution >= 0.6 is 0 Å². The van der Waals surface area contributed by atoms with E-state index in [2.05, 4.69) is 25.7 Å². The fourth-order valence-corrected chi connectivity index (χ4v) is 1.83. The van der Waals surface area contributed by atoms with Crippen molar-refractivity contribution in [1.29, 1.82) is 0 Å². The van der Waals surface area contributed by atoms with Crippen LogP contribution in [-0.4, -0.2) is 0 Å². The fourth-order valence-electron chi connectivity index (χ4n) is 1.83. The Labute approximate surface area is 57.6 Å². The highest BCUT2D eigenvalue weighted by atomic mass is 14.4. The molecule has 2 aliphatic rings. The average molecular weight is 120 g/mol. The molecule has 0 amide bonds. The van der Waals surface area contributed by atoms with Crippen molar-refractivity contribution in [2.75, 3.05) is 0 Å². The molecule has 0 aromatic rings. The monoisotopic (exact) mass is 120 g/mol. The van der Waals surface area contributed by atoms with E-state index in [1.54, 1.807) is 0 Å². The van der Waals surface area contributed by atoms with Crippen molar-refractivity contribution in [2.45, 2.75) is 25.7 Å². The molecule has 0 aromatic heterocycles. The molecular weight excluding hydrogens is 108 g/mol. The van der Waals surface area contributed by atoms with Crippen molar-refractivity contribution in [3.8, 4) is 0 Å². The standard InChI is InChI=1S/C9H12/c1-2-6-9(5-1)7-3-4-8-9/h5-8H,1-4H2. The first-order valence-corrected chi connectivity index (χ1v) is 3.79. The first kappa shape index (κ1) is 5.76. The third-order valence-electron chi connectivity index (χ3n) is 2.32. The summed E-state index contributed by atoms with van der Waals surface area (Å²) in [5, 5.41) is 0. The molecule has 48 valence electrons. The van der Waals surface area contributed by atoms with Crippen molar-refractivity contribution in [1.82, 2.24) is 0 Å². The molecule has 9 heavy (non-hydrogen) atoms. The smallest absolute Gasteiger partial charge is 0.0173 e. The van der Waals surface area contributed by atoms with Gasteiger partial charge in [-0.2, -0.15) is 0 Å². The summed E-state index contributed by atoms with van der Waals surface area (Å²) in [6, 6.07) is 0. The van der Waals surface area contributed by atoms with Crippen LogP contribution in [0.15, 0.2) is 0 Å². The van der Waals surface area contributed by atoms with Crippen LogP contribution in [0.1, 0.15) is 25.7 Å². The van der Waals surface area contributed by atoms with E-state index in [4.69, 9.17) is 0 Å². The Kier molecular flexibility index (Phi) is 1.28. The Balaban J connectivity index is 2.04. The van der Waals surface area contributed by atoms with Gasteiger partial charge < -0.3 is 0 Å². The molecule has 1 spiro atoms. The van der Waals surface area contributed by atoms with Gasteiger partial charge in [0.1, 0.15) is 0 Å². The second kappa shape index (κ2) is 2.00. The van der Waals surface area contributed by atoms with Gasteiger partial charge in [0.15, 0.2) is 0 Å². The normalized spacial score (nSPS) is 32.0. The quantitative estimate of drug-likeness (QED) is 0.460. The number of rotatable bonds is 0. The van der Waals surface area contributed by atoms with Crippen LogP contribution in [-0.2, 0) is 0 Å². The zero-order valence-corrected chi connectivity index (χ0v) is 5.64. The molecule has 2 rings (SSSR count). The molecule has 4 radical (unpaired) electrons. The molecule has 0 N–H and O–H groups in total. The molecule has 0 aliphatic heterocycles. The summed E-state index contributed by atoms with van der Waals surface area (Å²) in [5.74, 6) is 0. The lowest BCUT2D eigenvalue weighted by Crippen LogP contribution is -2.11. The summed E-state index contributed by atoms with van der Waals surface area (Å²) in [6.07, 6.45) is 14.9. The van der Waals surface area contributed by atoms with E-state index in [-0.39, 0.29) is 0 Å². The Morgan fingerprint density at radius 2 is 1.00 bits per heavy atom. The Hall–Kier alpha value is 0. The minimum absolute atomic E-state index is 0.389. The summed E-state index contributed by atoms with van der Waals surface area (Å²) in [6.45, 7) is 0. The lowest BCUT2D eigenvalue weighted by molar-refractivity contribution is 0.651. The van der Waals surface area contributed by atoms with E-state index in [9.17, 15) is 0 Å². The lowest BCUT2D eigenvalue weighted by Gasteiger charge is -2.19.